The molecule has 1 aromatic rings. The Morgan fingerprint density at radius 1 is 1.26 bits per heavy atom. The van der Waals surface area contributed by atoms with Crippen molar-refractivity contribution in [2.45, 2.75) is 45.8 Å². The van der Waals surface area contributed by atoms with E-state index < -0.39 is 0 Å². The van der Waals surface area contributed by atoms with Crippen molar-refractivity contribution in [2.75, 3.05) is 20.3 Å². The van der Waals surface area contributed by atoms with Crippen molar-refractivity contribution in [1.82, 2.24) is 10.3 Å². The van der Waals surface area contributed by atoms with Gasteiger partial charge in [0.25, 0.3) is 0 Å². The Bertz CT molecular complexity index is 356. The molecule has 1 atom stereocenters. The minimum atomic E-state index is 0.165. The van der Waals surface area contributed by atoms with Gasteiger partial charge < -0.3 is 14.8 Å². The van der Waals surface area contributed by atoms with Crippen molar-refractivity contribution in [1.29, 1.82) is 0 Å². The smallest absolute Gasteiger partial charge is 0.138 e. The molecule has 1 N–H and O–H groups in total. The van der Waals surface area contributed by atoms with Gasteiger partial charge in [-0.2, -0.15) is 0 Å². The van der Waals surface area contributed by atoms with Crippen LogP contribution in [0.3, 0.4) is 0 Å². The van der Waals surface area contributed by atoms with E-state index in [-0.39, 0.29) is 12.1 Å². The molecule has 0 aliphatic heterocycles. The first-order chi connectivity index (χ1) is 9.17. The maximum atomic E-state index is 5.67. The molecule has 0 aliphatic carbocycles. The molecule has 0 saturated carbocycles. The van der Waals surface area contributed by atoms with Gasteiger partial charge in [-0.1, -0.05) is 6.92 Å². The maximum Gasteiger partial charge on any atom is 0.138 e. The van der Waals surface area contributed by atoms with Crippen LogP contribution in [0.2, 0.25) is 0 Å². The highest BCUT2D eigenvalue weighted by Gasteiger charge is 2.11. The summed E-state index contributed by atoms with van der Waals surface area (Å²) < 4.78 is 11.2. The molecule has 0 radical (unpaired) electrons. The molecular formula is C15H26N2O2. The van der Waals surface area contributed by atoms with Gasteiger partial charge in [0.1, 0.15) is 5.75 Å². The van der Waals surface area contributed by atoms with Crippen LogP contribution in [0.1, 0.15) is 45.2 Å². The second-order valence-electron chi connectivity index (χ2n) is 4.86. The van der Waals surface area contributed by atoms with E-state index >= 15 is 0 Å². The molecule has 0 saturated heterocycles. The molecule has 0 aliphatic rings. The van der Waals surface area contributed by atoms with E-state index in [0.717, 1.165) is 37.4 Å². The Balaban J connectivity index is 2.59. The lowest BCUT2D eigenvalue weighted by Gasteiger charge is -2.18. The van der Waals surface area contributed by atoms with E-state index in [1.54, 1.807) is 6.20 Å². The molecular weight excluding hydrogens is 240 g/mol. The summed E-state index contributed by atoms with van der Waals surface area (Å²) in [4.78, 5) is 4.25. The number of nitrogens with one attached hydrogen (secondary N) is 1. The summed E-state index contributed by atoms with van der Waals surface area (Å²) in [6.07, 6.45) is 5.79. The van der Waals surface area contributed by atoms with Gasteiger partial charge >= 0.3 is 0 Å². The van der Waals surface area contributed by atoms with E-state index in [4.69, 9.17) is 9.47 Å². The highest BCUT2D eigenvalue weighted by Crippen LogP contribution is 2.21. The molecule has 4 nitrogen and oxygen atoms in total. The van der Waals surface area contributed by atoms with Crippen LogP contribution in [0, 0.1) is 0 Å². The summed E-state index contributed by atoms with van der Waals surface area (Å²) in [5.74, 6) is 0.822. The Kier molecular flexibility index (Phi) is 7.45. The van der Waals surface area contributed by atoms with Crippen LogP contribution >= 0.6 is 0 Å². The second kappa shape index (κ2) is 8.88. The van der Waals surface area contributed by atoms with Crippen LogP contribution in [0.15, 0.2) is 18.5 Å². The van der Waals surface area contributed by atoms with Gasteiger partial charge in [0.2, 0.25) is 0 Å². The molecule has 1 unspecified atom stereocenters. The largest absolute Gasteiger partial charge is 0.489 e. The molecule has 1 aromatic heterocycles. The van der Waals surface area contributed by atoms with E-state index in [1.807, 2.05) is 33.2 Å². The van der Waals surface area contributed by atoms with Crippen molar-refractivity contribution in [2.24, 2.45) is 0 Å². The predicted molar refractivity (Wildman–Crippen MR) is 77.5 cm³/mol. The summed E-state index contributed by atoms with van der Waals surface area (Å²) >= 11 is 0. The number of nitrogens with zero attached hydrogens (tertiary/aromatic N) is 1. The number of ether oxygens (including phenoxy) is 2. The Hall–Kier alpha value is -1.13. The lowest BCUT2D eigenvalue weighted by atomic mass is 10.1. The summed E-state index contributed by atoms with van der Waals surface area (Å²) in [6.45, 7) is 7.73. The first-order valence-corrected chi connectivity index (χ1v) is 7.04. The van der Waals surface area contributed by atoms with Gasteiger partial charge in [-0.25, -0.2) is 0 Å². The van der Waals surface area contributed by atoms with Crippen LogP contribution in [0.4, 0.5) is 0 Å². The van der Waals surface area contributed by atoms with Gasteiger partial charge in [-0.05, 0) is 45.4 Å². The zero-order valence-electron chi connectivity index (χ0n) is 12.5. The fourth-order valence-electron chi connectivity index (χ4n) is 1.89. The molecule has 4 heteroatoms. The quantitative estimate of drug-likeness (QED) is 0.698. The van der Waals surface area contributed by atoms with Crippen LogP contribution in [-0.4, -0.2) is 31.3 Å². The summed E-state index contributed by atoms with van der Waals surface area (Å²) in [6, 6.07) is 2.30. The van der Waals surface area contributed by atoms with Gasteiger partial charge in [0.15, 0.2) is 0 Å². The molecule has 0 fully saturated rings. The van der Waals surface area contributed by atoms with Crippen molar-refractivity contribution >= 4 is 0 Å². The molecule has 1 heterocycles. The number of pyridine rings is 1. The number of rotatable bonds is 9. The molecule has 0 spiro atoms. The second-order valence-corrected chi connectivity index (χ2v) is 4.86. The SMILES string of the molecule is CCCOCCC(NC)c1cncc(OC(C)C)c1. The highest BCUT2D eigenvalue weighted by atomic mass is 16.5. The fourth-order valence-corrected chi connectivity index (χ4v) is 1.89. The maximum absolute atomic E-state index is 5.67. The Morgan fingerprint density at radius 3 is 2.68 bits per heavy atom. The van der Waals surface area contributed by atoms with Crippen LogP contribution in [0.5, 0.6) is 5.75 Å². The zero-order chi connectivity index (χ0) is 14.1. The minimum absolute atomic E-state index is 0.165. The molecule has 0 aromatic carbocycles. The molecule has 19 heavy (non-hydrogen) atoms. The van der Waals surface area contributed by atoms with Gasteiger partial charge in [-0.3, -0.25) is 4.98 Å². The van der Waals surface area contributed by atoms with Gasteiger partial charge in [-0.15, -0.1) is 0 Å². The topological polar surface area (TPSA) is 43.4 Å². The van der Waals surface area contributed by atoms with E-state index in [0.29, 0.717) is 0 Å². The predicted octanol–water partition coefficient (Wildman–Crippen LogP) is 2.95. The number of aromatic nitrogens is 1. The molecule has 0 amide bonds. The zero-order valence-corrected chi connectivity index (χ0v) is 12.5. The third-order valence-electron chi connectivity index (χ3n) is 2.76. The van der Waals surface area contributed by atoms with Gasteiger partial charge in [0, 0.05) is 25.5 Å². The van der Waals surface area contributed by atoms with Crippen molar-refractivity contribution in [3.05, 3.63) is 24.0 Å². The lowest BCUT2D eigenvalue weighted by molar-refractivity contribution is 0.125. The lowest BCUT2D eigenvalue weighted by Crippen LogP contribution is -2.19. The summed E-state index contributed by atoms with van der Waals surface area (Å²) in [5, 5.41) is 3.30. The minimum Gasteiger partial charge on any atom is -0.489 e. The highest BCUT2D eigenvalue weighted by molar-refractivity contribution is 5.26. The van der Waals surface area contributed by atoms with E-state index in [9.17, 15) is 0 Å². The summed E-state index contributed by atoms with van der Waals surface area (Å²) in [5.41, 5.74) is 1.14. The molecule has 0 bridgehead atoms. The van der Waals surface area contributed by atoms with Crippen LogP contribution in [0.25, 0.3) is 0 Å². The number of hydrogen-bond acceptors (Lipinski definition) is 4. The third-order valence-corrected chi connectivity index (χ3v) is 2.76. The number of hydrogen-bond donors (Lipinski definition) is 1. The van der Waals surface area contributed by atoms with Crippen LogP contribution < -0.4 is 10.1 Å². The monoisotopic (exact) mass is 266 g/mol. The van der Waals surface area contributed by atoms with Crippen molar-refractivity contribution in [3.8, 4) is 5.75 Å². The van der Waals surface area contributed by atoms with Crippen molar-refractivity contribution in [3.63, 3.8) is 0 Å². The van der Waals surface area contributed by atoms with E-state index in [1.165, 1.54) is 0 Å². The van der Waals surface area contributed by atoms with Gasteiger partial charge in [0.05, 0.1) is 12.3 Å². The fraction of sp³-hybridized carbons (Fsp3) is 0.667. The van der Waals surface area contributed by atoms with Crippen molar-refractivity contribution < 1.29 is 9.47 Å². The molecule has 1 rings (SSSR count). The molecule has 108 valence electrons. The average molecular weight is 266 g/mol. The Labute approximate surface area is 116 Å². The average Bonchev–Trinajstić information content (AvgIpc) is 2.38. The normalized spacial score (nSPS) is 12.7. The first kappa shape index (κ1) is 15.9. The Morgan fingerprint density at radius 2 is 2.05 bits per heavy atom. The third kappa shape index (κ3) is 6.03. The standard InChI is InChI=1S/C15H26N2O2/c1-5-7-18-8-6-15(16-4)13-9-14(11-17-10-13)19-12(2)3/h9-12,15-16H,5-8H2,1-4H3. The summed E-state index contributed by atoms with van der Waals surface area (Å²) in [7, 11) is 1.96. The first-order valence-electron chi connectivity index (χ1n) is 7.04. The van der Waals surface area contributed by atoms with Crippen LogP contribution in [-0.2, 0) is 4.74 Å². The van der Waals surface area contributed by atoms with E-state index in [2.05, 4.69) is 17.2 Å².